The smallest absolute Gasteiger partial charge is 0.260 e. The summed E-state index contributed by atoms with van der Waals surface area (Å²) in [6.07, 6.45) is 1.23. The van der Waals surface area contributed by atoms with E-state index in [0.717, 1.165) is 4.31 Å². The highest BCUT2D eigenvalue weighted by Gasteiger charge is 2.22. The van der Waals surface area contributed by atoms with Crippen LogP contribution in [0.2, 0.25) is 0 Å². The van der Waals surface area contributed by atoms with Gasteiger partial charge in [-0.25, -0.2) is 13.4 Å². The van der Waals surface area contributed by atoms with Crippen LogP contribution in [0, 0.1) is 18.3 Å². The molecule has 7 heteroatoms. The molecule has 1 rings (SSSR count). The second-order valence-corrected chi connectivity index (χ2v) is 4.77. The molecule has 1 aromatic heterocycles. The van der Waals surface area contributed by atoms with Crippen LogP contribution < -0.4 is 0 Å². The fourth-order valence-electron chi connectivity index (χ4n) is 0.882. The fraction of sp³-hybridized carbons (Fsp3) is 0.429. The molecule has 1 aromatic rings. The Morgan fingerprint density at radius 2 is 2.36 bits per heavy atom. The van der Waals surface area contributed by atoms with Crippen LogP contribution in [0.25, 0.3) is 0 Å². The Morgan fingerprint density at radius 1 is 1.71 bits per heavy atom. The van der Waals surface area contributed by atoms with Crippen molar-refractivity contribution in [2.45, 2.75) is 11.9 Å². The number of hydrogen-bond acceptors (Lipinski definition) is 4. The number of nitrogens with one attached hydrogen (secondary N) is 1. The van der Waals surface area contributed by atoms with E-state index in [4.69, 9.17) is 5.26 Å². The molecule has 0 aliphatic heterocycles. The van der Waals surface area contributed by atoms with Gasteiger partial charge in [0.1, 0.15) is 12.4 Å². The van der Waals surface area contributed by atoms with Gasteiger partial charge in [0.05, 0.1) is 12.3 Å². The summed E-state index contributed by atoms with van der Waals surface area (Å²) in [5.41, 5.74) is 0. The maximum absolute atomic E-state index is 11.6. The van der Waals surface area contributed by atoms with Crippen molar-refractivity contribution < 1.29 is 8.42 Å². The van der Waals surface area contributed by atoms with E-state index in [1.165, 1.54) is 13.2 Å². The van der Waals surface area contributed by atoms with Gasteiger partial charge in [0.25, 0.3) is 10.0 Å². The van der Waals surface area contributed by atoms with E-state index in [0.29, 0.717) is 5.82 Å². The topological polar surface area (TPSA) is 89.8 Å². The summed E-state index contributed by atoms with van der Waals surface area (Å²) >= 11 is 0. The number of nitriles is 1. The van der Waals surface area contributed by atoms with Crippen LogP contribution in [0.4, 0.5) is 0 Å². The SMILES string of the molecule is Cc1ncc(S(=O)(=O)N(C)CC#N)[nH]1. The predicted octanol–water partition coefficient (Wildman–Crippen LogP) is -0.138. The molecule has 1 N–H and O–H groups in total. The van der Waals surface area contributed by atoms with Crippen molar-refractivity contribution >= 4 is 10.0 Å². The van der Waals surface area contributed by atoms with E-state index in [1.54, 1.807) is 13.0 Å². The van der Waals surface area contributed by atoms with Gasteiger partial charge in [-0.3, -0.25) is 0 Å². The highest BCUT2D eigenvalue weighted by molar-refractivity contribution is 7.89. The summed E-state index contributed by atoms with van der Waals surface area (Å²) in [5, 5.41) is 8.38. The standard InChI is InChI=1S/C7H10N4O2S/c1-6-9-5-7(10-6)14(12,13)11(2)4-3-8/h5H,4H2,1-2H3,(H,9,10). The third-order valence-corrected chi connectivity index (χ3v) is 3.37. The van der Waals surface area contributed by atoms with Crippen LogP contribution in [-0.4, -0.2) is 36.3 Å². The van der Waals surface area contributed by atoms with Crippen molar-refractivity contribution in [1.29, 1.82) is 5.26 Å². The van der Waals surface area contributed by atoms with Gasteiger partial charge < -0.3 is 4.98 Å². The first-order valence-electron chi connectivity index (χ1n) is 3.83. The Kier molecular flexibility index (Phi) is 2.88. The molecule has 0 aliphatic carbocycles. The Morgan fingerprint density at radius 3 is 2.79 bits per heavy atom. The molecule has 14 heavy (non-hydrogen) atoms. The molecular weight excluding hydrogens is 204 g/mol. The Balaban J connectivity index is 3.03. The first kappa shape index (κ1) is 10.7. The average Bonchev–Trinajstić information content (AvgIpc) is 2.52. The van der Waals surface area contributed by atoms with Gasteiger partial charge >= 0.3 is 0 Å². The molecule has 1 heterocycles. The fourth-order valence-corrected chi connectivity index (χ4v) is 1.91. The molecule has 0 aliphatic rings. The lowest BCUT2D eigenvalue weighted by Gasteiger charge is -2.10. The zero-order valence-corrected chi connectivity index (χ0v) is 8.67. The lowest BCUT2D eigenvalue weighted by Crippen LogP contribution is -2.27. The zero-order valence-electron chi connectivity index (χ0n) is 7.85. The van der Waals surface area contributed by atoms with Crippen molar-refractivity contribution in [3.63, 3.8) is 0 Å². The average molecular weight is 214 g/mol. The van der Waals surface area contributed by atoms with Crippen LogP contribution in [0.1, 0.15) is 5.82 Å². The van der Waals surface area contributed by atoms with E-state index in [1.807, 2.05) is 0 Å². The highest BCUT2D eigenvalue weighted by Crippen LogP contribution is 2.10. The van der Waals surface area contributed by atoms with Gasteiger partial charge in [0, 0.05) is 7.05 Å². The van der Waals surface area contributed by atoms with Crippen molar-refractivity contribution in [2.75, 3.05) is 13.6 Å². The maximum atomic E-state index is 11.6. The normalized spacial score (nSPS) is 11.6. The minimum absolute atomic E-state index is 0.00718. The molecule has 6 nitrogen and oxygen atoms in total. The summed E-state index contributed by atoms with van der Waals surface area (Å²) in [5.74, 6) is 0.522. The molecular formula is C7H10N4O2S. The van der Waals surface area contributed by atoms with E-state index in [9.17, 15) is 8.42 Å². The number of hydrogen-bond donors (Lipinski definition) is 1. The lowest BCUT2D eigenvalue weighted by atomic mass is 10.7. The molecule has 0 radical (unpaired) electrons. The van der Waals surface area contributed by atoms with Gasteiger partial charge in [0.2, 0.25) is 0 Å². The largest absolute Gasteiger partial charge is 0.332 e. The molecule has 0 saturated carbocycles. The summed E-state index contributed by atoms with van der Waals surface area (Å²) in [7, 11) is -2.25. The van der Waals surface area contributed by atoms with E-state index >= 15 is 0 Å². The molecule has 0 amide bonds. The number of aromatic amines is 1. The van der Waals surface area contributed by atoms with E-state index < -0.39 is 10.0 Å². The Hall–Kier alpha value is -1.39. The minimum Gasteiger partial charge on any atom is -0.332 e. The van der Waals surface area contributed by atoms with Gasteiger partial charge in [-0.05, 0) is 6.92 Å². The monoisotopic (exact) mass is 214 g/mol. The van der Waals surface area contributed by atoms with Crippen LogP contribution in [0.3, 0.4) is 0 Å². The van der Waals surface area contributed by atoms with Crippen LogP contribution in [0.5, 0.6) is 0 Å². The molecule has 0 saturated heterocycles. The van der Waals surface area contributed by atoms with Crippen molar-refractivity contribution in [3.05, 3.63) is 12.0 Å². The van der Waals surface area contributed by atoms with Gasteiger partial charge in [-0.15, -0.1) is 0 Å². The third-order valence-electron chi connectivity index (χ3n) is 1.66. The number of rotatable bonds is 3. The van der Waals surface area contributed by atoms with Gasteiger partial charge in [0.15, 0.2) is 5.03 Å². The first-order valence-corrected chi connectivity index (χ1v) is 5.27. The molecule has 0 unspecified atom stereocenters. The summed E-state index contributed by atoms with van der Waals surface area (Å²) < 4.78 is 24.2. The maximum Gasteiger partial charge on any atom is 0.260 e. The molecule has 76 valence electrons. The highest BCUT2D eigenvalue weighted by atomic mass is 32.2. The van der Waals surface area contributed by atoms with Gasteiger partial charge in [-0.1, -0.05) is 0 Å². The number of sulfonamides is 1. The van der Waals surface area contributed by atoms with Crippen molar-refractivity contribution in [1.82, 2.24) is 14.3 Å². The van der Waals surface area contributed by atoms with Crippen molar-refractivity contribution in [2.24, 2.45) is 0 Å². The summed E-state index contributed by atoms with van der Waals surface area (Å²) in [6, 6.07) is 1.76. The number of nitrogens with zero attached hydrogens (tertiary/aromatic N) is 3. The van der Waals surface area contributed by atoms with Crippen molar-refractivity contribution in [3.8, 4) is 6.07 Å². The molecule has 0 fully saturated rings. The second kappa shape index (κ2) is 3.77. The lowest BCUT2D eigenvalue weighted by molar-refractivity contribution is 0.498. The number of aryl methyl sites for hydroxylation is 1. The third kappa shape index (κ3) is 1.92. The summed E-state index contributed by atoms with van der Waals surface area (Å²) in [4.78, 5) is 6.39. The molecule has 0 bridgehead atoms. The number of H-pyrrole nitrogens is 1. The van der Waals surface area contributed by atoms with Crippen LogP contribution >= 0.6 is 0 Å². The molecule has 0 atom stereocenters. The molecule has 0 spiro atoms. The zero-order chi connectivity index (χ0) is 10.8. The summed E-state index contributed by atoms with van der Waals surface area (Å²) in [6.45, 7) is 1.48. The van der Waals surface area contributed by atoms with Crippen LogP contribution in [-0.2, 0) is 10.0 Å². The first-order chi connectivity index (χ1) is 6.48. The second-order valence-electron chi connectivity index (χ2n) is 2.75. The number of imidazole rings is 1. The van der Waals surface area contributed by atoms with E-state index in [-0.39, 0.29) is 11.6 Å². The Labute approximate surface area is 82.2 Å². The predicted molar refractivity (Wildman–Crippen MR) is 48.8 cm³/mol. The van der Waals surface area contributed by atoms with E-state index in [2.05, 4.69) is 9.97 Å². The van der Waals surface area contributed by atoms with Crippen LogP contribution in [0.15, 0.2) is 11.2 Å². The van der Waals surface area contributed by atoms with Gasteiger partial charge in [-0.2, -0.15) is 9.57 Å². The quantitative estimate of drug-likeness (QED) is 0.709. The Bertz CT molecular complexity index is 456. The minimum atomic E-state index is -3.59. The number of aromatic nitrogens is 2. The molecule has 0 aromatic carbocycles.